The second-order valence-corrected chi connectivity index (χ2v) is 6.40. The summed E-state index contributed by atoms with van der Waals surface area (Å²) in [6, 6.07) is 6.62. The zero-order valence-electron chi connectivity index (χ0n) is 11.5. The average Bonchev–Trinajstić information content (AvgIpc) is 3.07. The van der Waals surface area contributed by atoms with Crippen molar-refractivity contribution in [2.24, 2.45) is 5.92 Å². The van der Waals surface area contributed by atoms with Crippen LogP contribution >= 0.6 is 11.6 Å². The Morgan fingerprint density at radius 1 is 1.30 bits per heavy atom. The van der Waals surface area contributed by atoms with E-state index < -0.39 is 0 Å². The molecule has 0 saturated carbocycles. The first-order valence-corrected chi connectivity index (χ1v) is 7.89. The molecule has 0 spiro atoms. The predicted octanol–water partition coefficient (Wildman–Crippen LogP) is 4.36. The van der Waals surface area contributed by atoms with Crippen LogP contribution in [0.15, 0.2) is 30.4 Å². The minimum atomic E-state index is 0.456. The standard InChI is InChI=1S/C17H19ClN2/c18-12-5-6-15-14(10-12)13-7-8-19-16(17(13)20-15)9-11-3-1-2-4-11/h1,3,5-6,10-11,16,19-20H,2,4,7-9H2/t11?,16-/m0/s1. The Kier molecular flexibility index (Phi) is 3.08. The van der Waals surface area contributed by atoms with Gasteiger partial charge in [-0.1, -0.05) is 23.8 Å². The summed E-state index contributed by atoms with van der Waals surface area (Å²) in [6.45, 7) is 1.06. The van der Waals surface area contributed by atoms with Gasteiger partial charge in [0.05, 0.1) is 0 Å². The fourth-order valence-electron chi connectivity index (χ4n) is 3.68. The fraction of sp³-hybridized carbons (Fsp3) is 0.412. The van der Waals surface area contributed by atoms with E-state index in [-0.39, 0.29) is 0 Å². The van der Waals surface area contributed by atoms with Gasteiger partial charge < -0.3 is 10.3 Å². The Morgan fingerprint density at radius 2 is 2.25 bits per heavy atom. The summed E-state index contributed by atoms with van der Waals surface area (Å²) in [6.07, 6.45) is 9.54. The van der Waals surface area contributed by atoms with E-state index >= 15 is 0 Å². The molecule has 2 atom stereocenters. The molecule has 2 aromatic rings. The van der Waals surface area contributed by atoms with E-state index in [2.05, 4.69) is 34.6 Å². The zero-order chi connectivity index (χ0) is 13.5. The van der Waals surface area contributed by atoms with E-state index in [9.17, 15) is 0 Å². The highest BCUT2D eigenvalue weighted by Gasteiger charge is 2.26. The maximum Gasteiger partial charge on any atom is 0.0481 e. The number of benzene rings is 1. The van der Waals surface area contributed by atoms with Crippen molar-refractivity contribution in [3.63, 3.8) is 0 Å². The summed E-state index contributed by atoms with van der Waals surface area (Å²) in [4.78, 5) is 3.62. The molecule has 1 aliphatic carbocycles. The largest absolute Gasteiger partial charge is 0.357 e. The Balaban J connectivity index is 1.72. The summed E-state index contributed by atoms with van der Waals surface area (Å²) in [7, 11) is 0. The number of rotatable bonds is 2. The number of hydrogen-bond donors (Lipinski definition) is 2. The molecule has 0 bridgehead atoms. The van der Waals surface area contributed by atoms with Crippen molar-refractivity contribution in [2.45, 2.75) is 31.7 Å². The molecular formula is C17H19ClN2. The van der Waals surface area contributed by atoms with Gasteiger partial charge in [0.1, 0.15) is 0 Å². The molecular weight excluding hydrogens is 268 g/mol. The lowest BCUT2D eigenvalue weighted by Crippen LogP contribution is -2.30. The Morgan fingerprint density at radius 3 is 3.10 bits per heavy atom. The topological polar surface area (TPSA) is 27.8 Å². The van der Waals surface area contributed by atoms with Crippen molar-refractivity contribution >= 4 is 22.5 Å². The van der Waals surface area contributed by atoms with Crippen LogP contribution in [0.1, 0.15) is 36.6 Å². The summed E-state index contributed by atoms with van der Waals surface area (Å²) in [5, 5.41) is 5.81. The molecule has 1 aliphatic heterocycles. The molecule has 0 radical (unpaired) electrons. The van der Waals surface area contributed by atoms with Crippen molar-refractivity contribution in [1.82, 2.24) is 10.3 Å². The van der Waals surface area contributed by atoms with Crippen LogP contribution < -0.4 is 5.32 Å². The smallest absolute Gasteiger partial charge is 0.0481 e. The van der Waals surface area contributed by atoms with E-state index in [0.29, 0.717) is 6.04 Å². The van der Waals surface area contributed by atoms with E-state index in [1.807, 2.05) is 6.07 Å². The van der Waals surface area contributed by atoms with E-state index in [0.717, 1.165) is 23.9 Å². The van der Waals surface area contributed by atoms with E-state index in [1.165, 1.54) is 41.4 Å². The predicted molar refractivity (Wildman–Crippen MR) is 84.2 cm³/mol. The van der Waals surface area contributed by atoms with Gasteiger partial charge in [-0.15, -0.1) is 0 Å². The van der Waals surface area contributed by atoms with Gasteiger partial charge in [-0.2, -0.15) is 0 Å². The van der Waals surface area contributed by atoms with Crippen LogP contribution in [0.2, 0.25) is 5.02 Å². The molecule has 0 saturated heterocycles. The number of aromatic amines is 1. The third-order valence-electron chi connectivity index (χ3n) is 4.67. The van der Waals surface area contributed by atoms with Gasteiger partial charge in [0.2, 0.25) is 0 Å². The van der Waals surface area contributed by atoms with Gasteiger partial charge in [-0.3, -0.25) is 0 Å². The number of aromatic nitrogens is 1. The minimum absolute atomic E-state index is 0.456. The second-order valence-electron chi connectivity index (χ2n) is 5.97. The van der Waals surface area contributed by atoms with Gasteiger partial charge in [0.25, 0.3) is 0 Å². The van der Waals surface area contributed by atoms with Crippen LogP contribution in [0.3, 0.4) is 0 Å². The van der Waals surface area contributed by atoms with Gasteiger partial charge >= 0.3 is 0 Å². The number of H-pyrrole nitrogens is 1. The number of nitrogens with one attached hydrogen (secondary N) is 2. The summed E-state index contributed by atoms with van der Waals surface area (Å²) in [5.74, 6) is 0.730. The highest BCUT2D eigenvalue weighted by Crippen LogP contribution is 2.36. The van der Waals surface area contributed by atoms with Crippen molar-refractivity contribution in [3.05, 3.63) is 46.6 Å². The first-order valence-electron chi connectivity index (χ1n) is 7.51. The molecule has 20 heavy (non-hydrogen) atoms. The first-order chi connectivity index (χ1) is 9.81. The molecule has 3 heteroatoms. The van der Waals surface area contributed by atoms with Crippen LogP contribution in [0.5, 0.6) is 0 Å². The van der Waals surface area contributed by atoms with E-state index in [4.69, 9.17) is 11.6 Å². The molecule has 0 fully saturated rings. The van der Waals surface area contributed by atoms with Crippen LogP contribution in [0.25, 0.3) is 10.9 Å². The third kappa shape index (κ3) is 2.07. The molecule has 2 N–H and O–H groups in total. The molecule has 2 aliphatic rings. The molecule has 0 amide bonds. The molecule has 1 aromatic heterocycles. The number of halogens is 1. The van der Waals surface area contributed by atoms with E-state index in [1.54, 1.807) is 0 Å². The van der Waals surface area contributed by atoms with Crippen LogP contribution in [-0.4, -0.2) is 11.5 Å². The average molecular weight is 287 g/mol. The molecule has 2 heterocycles. The van der Waals surface area contributed by atoms with Crippen LogP contribution in [0.4, 0.5) is 0 Å². The lowest BCUT2D eigenvalue weighted by atomic mass is 9.92. The summed E-state index contributed by atoms with van der Waals surface area (Å²) >= 11 is 6.15. The number of allylic oxidation sites excluding steroid dienone is 2. The summed E-state index contributed by atoms with van der Waals surface area (Å²) in [5.41, 5.74) is 4.07. The Labute approximate surface area is 124 Å². The maximum absolute atomic E-state index is 6.15. The van der Waals surface area contributed by atoms with Crippen molar-refractivity contribution in [2.75, 3.05) is 6.54 Å². The van der Waals surface area contributed by atoms with Crippen LogP contribution in [0, 0.1) is 5.92 Å². The third-order valence-corrected chi connectivity index (χ3v) is 4.90. The molecule has 2 nitrogen and oxygen atoms in total. The molecule has 4 rings (SSSR count). The summed E-state index contributed by atoms with van der Waals surface area (Å²) < 4.78 is 0. The lowest BCUT2D eigenvalue weighted by molar-refractivity contribution is 0.411. The monoisotopic (exact) mass is 286 g/mol. The minimum Gasteiger partial charge on any atom is -0.357 e. The Bertz CT molecular complexity index is 671. The lowest BCUT2D eigenvalue weighted by Gasteiger charge is -2.26. The zero-order valence-corrected chi connectivity index (χ0v) is 12.2. The van der Waals surface area contributed by atoms with Gasteiger partial charge in [0, 0.05) is 27.7 Å². The van der Waals surface area contributed by atoms with Gasteiger partial charge in [0.15, 0.2) is 0 Å². The maximum atomic E-state index is 6.15. The molecule has 1 unspecified atom stereocenters. The quantitative estimate of drug-likeness (QED) is 0.789. The van der Waals surface area contributed by atoms with Gasteiger partial charge in [-0.25, -0.2) is 0 Å². The Hall–Kier alpha value is -1.25. The highest BCUT2D eigenvalue weighted by molar-refractivity contribution is 6.31. The SMILES string of the molecule is Clc1ccc2[nH]c3c(c2c1)CCN[C@H]3CC1C=CCC1. The first kappa shape index (κ1) is 12.5. The van der Waals surface area contributed by atoms with Crippen molar-refractivity contribution < 1.29 is 0 Å². The molecule has 104 valence electrons. The van der Waals surface area contributed by atoms with Gasteiger partial charge in [-0.05, 0) is 61.9 Å². The normalized spacial score (nSPS) is 25.2. The van der Waals surface area contributed by atoms with Crippen molar-refractivity contribution in [1.29, 1.82) is 0 Å². The fourth-order valence-corrected chi connectivity index (χ4v) is 3.85. The van der Waals surface area contributed by atoms with Crippen LogP contribution in [-0.2, 0) is 6.42 Å². The number of hydrogen-bond acceptors (Lipinski definition) is 1. The number of fused-ring (bicyclic) bond motifs is 3. The molecule has 1 aromatic carbocycles. The highest BCUT2D eigenvalue weighted by atomic mass is 35.5. The second kappa shape index (κ2) is 4.94. The van der Waals surface area contributed by atoms with Crippen molar-refractivity contribution in [3.8, 4) is 0 Å².